The highest BCUT2D eigenvalue weighted by molar-refractivity contribution is 5.97. The van der Waals surface area contributed by atoms with Crippen LogP contribution in [0.5, 0.6) is 0 Å². The zero-order valence-corrected chi connectivity index (χ0v) is 23.5. The average Bonchev–Trinajstić information content (AvgIpc) is 2.99. The number of hydrogen-bond donors (Lipinski definition) is 2. The van der Waals surface area contributed by atoms with Crippen LogP contribution < -0.4 is 5.32 Å². The van der Waals surface area contributed by atoms with Crippen LogP contribution in [0.15, 0.2) is 60.7 Å². The van der Waals surface area contributed by atoms with E-state index >= 15 is 0 Å². The standard InChI is InChI=1S/C30H33N5O7/c1-3-41-30(40)42-35-17-15-34(16-18-35)29(39)23(13-14-26(36)37)33-28(38)25-19-24(22-12-8-7-9-20(22)2)31-27(32-25)21-10-5-4-6-11-21/h4-12,19,23H,3,13-18H2,1-2H3,(H,33,38)(H,36,37)/t23-/m0/s1. The van der Waals surface area contributed by atoms with Gasteiger partial charge < -0.3 is 24.9 Å². The fourth-order valence-electron chi connectivity index (χ4n) is 4.51. The van der Waals surface area contributed by atoms with Crippen molar-refractivity contribution >= 4 is 23.9 Å². The van der Waals surface area contributed by atoms with Crippen molar-refractivity contribution in [3.63, 3.8) is 0 Å². The smallest absolute Gasteiger partial charge is 0.481 e. The Hall–Kier alpha value is -4.84. The molecule has 0 saturated carbocycles. The Labute approximate surface area is 243 Å². The van der Waals surface area contributed by atoms with Gasteiger partial charge in [0.05, 0.1) is 25.4 Å². The Balaban J connectivity index is 1.56. The summed E-state index contributed by atoms with van der Waals surface area (Å²) in [4.78, 5) is 65.8. The Morgan fingerprint density at radius 3 is 2.33 bits per heavy atom. The van der Waals surface area contributed by atoms with E-state index in [1.54, 1.807) is 13.0 Å². The summed E-state index contributed by atoms with van der Waals surface area (Å²) in [5.41, 5.74) is 3.08. The van der Waals surface area contributed by atoms with Gasteiger partial charge in [-0.1, -0.05) is 54.6 Å². The fraction of sp³-hybridized carbons (Fsp3) is 0.333. The minimum Gasteiger partial charge on any atom is -0.481 e. The second-order valence-electron chi connectivity index (χ2n) is 9.63. The molecular weight excluding hydrogens is 542 g/mol. The molecule has 0 bridgehead atoms. The zero-order chi connectivity index (χ0) is 30.1. The third-order valence-electron chi connectivity index (χ3n) is 6.68. The highest BCUT2D eigenvalue weighted by Crippen LogP contribution is 2.25. The number of ether oxygens (including phenoxy) is 1. The zero-order valence-electron chi connectivity index (χ0n) is 23.5. The van der Waals surface area contributed by atoms with Crippen molar-refractivity contribution < 1.29 is 33.9 Å². The Morgan fingerprint density at radius 2 is 1.67 bits per heavy atom. The first-order valence-electron chi connectivity index (χ1n) is 13.7. The number of carboxylic acids is 1. The summed E-state index contributed by atoms with van der Waals surface area (Å²) in [6, 6.07) is 17.3. The number of amides is 2. The molecule has 0 spiro atoms. The number of aromatic nitrogens is 2. The van der Waals surface area contributed by atoms with Crippen LogP contribution in [0.1, 0.15) is 35.8 Å². The molecule has 1 aromatic heterocycles. The number of benzene rings is 2. The molecule has 2 amide bonds. The molecule has 0 unspecified atom stereocenters. The van der Waals surface area contributed by atoms with Crippen LogP contribution in [0, 0.1) is 6.92 Å². The molecule has 1 aliphatic heterocycles. The number of carbonyl (C=O) groups is 4. The van der Waals surface area contributed by atoms with Gasteiger partial charge in [0.2, 0.25) is 5.91 Å². The molecule has 2 heterocycles. The van der Waals surface area contributed by atoms with Crippen molar-refractivity contribution in [2.45, 2.75) is 32.7 Å². The van der Waals surface area contributed by atoms with Crippen molar-refractivity contribution in [1.82, 2.24) is 25.2 Å². The van der Waals surface area contributed by atoms with Gasteiger partial charge in [0.15, 0.2) is 5.82 Å². The largest absolute Gasteiger partial charge is 0.527 e. The molecule has 0 aliphatic carbocycles. The Bertz CT molecular complexity index is 1420. The number of aliphatic carboxylic acids is 1. The summed E-state index contributed by atoms with van der Waals surface area (Å²) in [6.45, 7) is 4.66. The predicted octanol–water partition coefficient (Wildman–Crippen LogP) is 3.31. The molecule has 2 aromatic carbocycles. The van der Waals surface area contributed by atoms with Gasteiger partial charge >= 0.3 is 12.1 Å². The SMILES string of the molecule is CCOC(=O)ON1CCN(C(=O)[C@H](CCC(=O)O)NC(=O)c2cc(-c3ccccc3C)nc(-c3ccccc3)n2)CC1. The van der Waals surface area contributed by atoms with E-state index in [0.29, 0.717) is 17.1 Å². The van der Waals surface area contributed by atoms with E-state index in [4.69, 9.17) is 14.6 Å². The summed E-state index contributed by atoms with van der Waals surface area (Å²) in [7, 11) is 0. The number of nitrogens with one attached hydrogen (secondary N) is 1. The fourth-order valence-corrected chi connectivity index (χ4v) is 4.51. The topological polar surface area (TPSA) is 151 Å². The van der Waals surface area contributed by atoms with Crippen LogP contribution in [0.3, 0.4) is 0 Å². The van der Waals surface area contributed by atoms with E-state index in [1.165, 1.54) is 9.96 Å². The average molecular weight is 576 g/mol. The van der Waals surface area contributed by atoms with E-state index in [1.807, 2.05) is 61.5 Å². The van der Waals surface area contributed by atoms with Crippen LogP contribution in [0.2, 0.25) is 0 Å². The molecule has 220 valence electrons. The van der Waals surface area contributed by atoms with Crippen LogP contribution in [-0.4, -0.2) is 87.8 Å². The molecule has 1 saturated heterocycles. The molecule has 1 fully saturated rings. The molecule has 12 nitrogen and oxygen atoms in total. The molecular formula is C30H33N5O7. The molecule has 12 heteroatoms. The molecule has 42 heavy (non-hydrogen) atoms. The first-order valence-corrected chi connectivity index (χ1v) is 13.7. The van der Waals surface area contributed by atoms with E-state index in [-0.39, 0.29) is 51.3 Å². The minimum atomic E-state index is -1.11. The maximum absolute atomic E-state index is 13.6. The quantitative estimate of drug-likeness (QED) is 0.345. The number of piperazine rings is 1. The highest BCUT2D eigenvalue weighted by Gasteiger charge is 2.31. The van der Waals surface area contributed by atoms with Gasteiger partial charge in [0, 0.05) is 30.6 Å². The van der Waals surface area contributed by atoms with Crippen LogP contribution in [0.4, 0.5) is 4.79 Å². The van der Waals surface area contributed by atoms with E-state index in [0.717, 1.165) is 11.1 Å². The van der Waals surface area contributed by atoms with Crippen molar-refractivity contribution in [3.8, 4) is 22.6 Å². The van der Waals surface area contributed by atoms with Gasteiger partial charge in [-0.3, -0.25) is 14.4 Å². The lowest BCUT2D eigenvalue weighted by Crippen LogP contribution is -2.55. The van der Waals surface area contributed by atoms with Crippen molar-refractivity contribution in [2.75, 3.05) is 32.8 Å². The van der Waals surface area contributed by atoms with Gasteiger partial charge in [-0.2, -0.15) is 0 Å². The van der Waals surface area contributed by atoms with Crippen LogP contribution in [0.25, 0.3) is 22.6 Å². The summed E-state index contributed by atoms with van der Waals surface area (Å²) in [6.07, 6.45) is -1.26. The summed E-state index contributed by atoms with van der Waals surface area (Å²) >= 11 is 0. The minimum absolute atomic E-state index is 0.0443. The highest BCUT2D eigenvalue weighted by atomic mass is 16.8. The molecule has 1 atom stereocenters. The second-order valence-corrected chi connectivity index (χ2v) is 9.63. The lowest BCUT2D eigenvalue weighted by atomic mass is 10.0. The molecule has 2 N–H and O–H groups in total. The Morgan fingerprint density at radius 1 is 0.976 bits per heavy atom. The molecule has 4 rings (SSSR count). The summed E-state index contributed by atoms with van der Waals surface area (Å²) < 4.78 is 4.78. The lowest BCUT2D eigenvalue weighted by molar-refractivity contribution is -0.157. The number of nitrogens with zero attached hydrogens (tertiary/aromatic N) is 4. The van der Waals surface area contributed by atoms with Crippen molar-refractivity contribution in [3.05, 3.63) is 71.9 Å². The van der Waals surface area contributed by atoms with Crippen LogP contribution in [-0.2, 0) is 19.2 Å². The van der Waals surface area contributed by atoms with Gasteiger partial charge in [-0.15, -0.1) is 5.06 Å². The van der Waals surface area contributed by atoms with Crippen LogP contribution >= 0.6 is 0 Å². The summed E-state index contributed by atoms with van der Waals surface area (Å²) in [5, 5.41) is 13.4. The maximum atomic E-state index is 13.6. The Kier molecular flexibility index (Phi) is 10.2. The van der Waals surface area contributed by atoms with E-state index in [9.17, 15) is 24.3 Å². The molecule has 3 aromatic rings. The number of carboxylic acid groups (broad SMARTS) is 1. The number of hydroxylamine groups is 2. The van der Waals surface area contributed by atoms with Gasteiger partial charge in [-0.25, -0.2) is 14.8 Å². The third-order valence-corrected chi connectivity index (χ3v) is 6.68. The predicted molar refractivity (Wildman–Crippen MR) is 152 cm³/mol. The number of aryl methyl sites for hydroxylation is 1. The number of hydrogen-bond acceptors (Lipinski definition) is 9. The van der Waals surface area contributed by atoms with Crippen molar-refractivity contribution in [2.24, 2.45) is 0 Å². The van der Waals surface area contributed by atoms with Gasteiger partial charge in [0.25, 0.3) is 5.91 Å². The lowest BCUT2D eigenvalue weighted by Gasteiger charge is -2.35. The van der Waals surface area contributed by atoms with E-state index < -0.39 is 30.0 Å². The summed E-state index contributed by atoms with van der Waals surface area (Å²) in [5.74, 6) is -1.81. The first-order chi connectivity index (χ1) is 20.2. The number of rotatable bonds is 10. The maximum Gasteiger partial charge on any atom is 0.527 e. The van der Waals surface area contributed by atoms with E-state index in [2.05, 4.69) is 10.3 Å². The third kappa shape index (κ3) is 7.88. The van der Waals surface area contributed by atoms with Gasteiger partial charge in [0.1, 0.15) is 11.7 Å². The molecule has 1 aliphatic rings. The second kappa shape index (κ2) is 14.2. The molecule has 0 radical (unpaired) electrons. The van der Waals surface area contributed by atoms with Gasteiger partial charge in [-0.05, 0) is 31.9 Å². The first kappa shape index (κ1) is 30.1. The van der Waals surface area contributed by atoms with Crippen molar-refractivity contribution in [1.29, 1.82) is 0 Å². The monoisotopic (exact) mass is 575 g/mol. The number of carbonyl (C=O) groups excluding carboxylic acids is 3. The normalized spacial score (nSPS) is 14.1.